The molecule has 0 heterocycles. The molecule has 0 saturated heterocycles. The topological polar surface area (TPSA) is 3.24 Å². The van der Waals surface area contributed by atoms with E-state index in [0.717, 1.165) is 11.4 Å². The van der Waals surface area contributed by atoms with E-state index in [0.29, 0.717) is 0 Å². The molecule has 0 aliphatic heterocycles. The van der Waals surface area contributed by atoms with Crippen molar-refractivity contribution < 1.29 is 0 Å². The molecule has 0 bridgehead atoms. The first-order chi connectivity index (χ1) is 25.8. The fraction of sp³-hybridized carbons (Fsp3) is 0.115. The smallest absolute Gasteiger partial charge is 0.0621 e. The Labute approximate surface area is 310 Å². The number of hydrogen-bond acceptors (Lipinski definition) is 1. The first-order valence-corrected chi connectivity index (χ1v) is 18.9. The summed E-state index contributed by atoms with van der Waals surface area (Å²) >= 11 is 0. The molecule has 0 unspecified atom stereocenters. The van der Waals surface area contributed by atoms with E-state index in [1.54, 1.807) is 0 Å². The molecule has 1 nitrogen and oxygen atoms in total. The Balaban J connectivity index is 1.20. The Kier molecular flexibility index (Phi) is 6.14. The summed E-state index contributed by atoms with van der Waals surface area (Å²) in [4.78, 5) is 2.53. The Morgan fingerprint density at radius 1 is 0.358 bits per heavy atom. The summed E-state index contributed by atoms with van der Waals surface area (Å²) < 4.78 is 0. The van der Waals surface area contributed by atoms with E-state index in [4.69, 9.17) is 0 Å². The van der Waals surface area contributed by atoms with Crippen LogP contribution in [0.15, 0.2) is 164 Å². The minimum absolute atomic E-state index is 0.122. The largest absolute Gasteiger partial charge is 0.309 e. The fourth-order valence-corrected chi connectivity index (χ4v) is 10.2. The molecule has 53 heavy (non-hydrogen) atoms. The lowest BCUT2D eigenvalue weighted by Crippen LogP contribution is -2.17. The van der Waals surface area contributed by atoms with Crippen LogP contribution in [0, 0.1) is 0 Å². The summed E-state index contributed by atoms with van der Waals surface area (Å²) in [5, 5.41) is 10.4. The molecule has 0 aromatic heterocycles. The standard InChI is InChI=1S/C52H39N/c1-51(2)44-29-24-32-14-8-11-19-38(32)46(44)42-27-23-35-30-37(25-28-40(35)49(42)51)53(36-17-6-5-7-18-36)50-41-21-13-10-16-34(41)31-45-47(50)43-26-22-33-15-9-12-20-39(33)48(43)52(45,3)4/h5-31H,1-4H3. The molecule has 1 heteroatoms. The van der Waals surface area contributed by atoms with Crippen molar-refractivity contribution in [1.82, 2.24) is 0 Å². The van der Waals surface area contributed by atoms with Gasteiger partial charge >= 0.3 is 0 Å². The molecule has 9 aromatic rings. The average molecular weight is 678 g/mol. The summed E-state index contributed by atoms with van der Waals surface area (Å²) in [5.74, 6) is 0. The van der Waals surface area contributed by atoms with Gasteiger partial charge in [0.05, 0.1) is 5.69 Å². The average Bonchev–Trinajstić information content (AvgIpc) is 3.57. The van der Waals surface area contributed by atoms with Gasteiger partial charge in [-0.3, -0.25) is 0 Å². The predicted octanol–water partition coefficient (Wildman–Crippen LogP) is 14.4. The van der Waals surface area contributed by atoms with Crippen LogP contribution in [-0.2, 0) is 10.8 Å². The third-order valence-electron chi connectivity index (χ3n) is 12.5. The van der Waals surface area contributed by atoms with Gasteiger partial charge in [0.1, 0.15) is 0 Å². The van der Waals surface area contributed by atoms with Crippen LogP contribution >= 0.6 is 0 Å². The Morgan fingerprint density at radius 3 is 1.64 bits per heavy atom. The first kappa shape index (κ1) is 30.4. The zero-order chi connectivity index (χ0) is 35.6. The fourth-order valence-electron chi connectivity index (χ4n) is 10.2. The van der Waals surface area contributed by atoms with Crippen molar-refractivity contribution in [1.29, 1.82) is 0 Å². The molecule has 252 valence electrons. The van der Waals surface area contributed by atoms with Crippen LogP contribution in [-0.4, -0.2) is 0 Å². The van der Waals surface area contributed by atoms with Gasteiger partial charge in [-0.15, -0.1) is 0 Å². The lowest BCUT2D eigenvalue weighted by molar-refractivity contribution is 0.666. The van der Waals surface area contributed by atoms with Gasteiger partial charge in [0, 0.05) is 33.2 Å². The van der Waals surface area contributed by atoms with Crippen LogP contribution in [0.25, 0.3) is 65.3 Å². The van der Waals surface area contributed by atoms with Crippen molar-refractivity contribution in [3.05, 3.63) is 186 Å². The van der Waals surface area contributed by atoms with E-state index in [9.17, 15) is 0 Å². The highest BCUT2D eigenvalue weighted by atomic mass is 15.1. The predicted molar refractivity (Wildman–Crippen MR) is 226 cm³/mol. The van der Waals surface area contributed by atoms with Crippen molar-refractivity contribution in [3.8, 4) is 22.3 Å². The molecule has 0 fully saturated rings. The van der Waals surface area contributed by atoms with E-state index in [1.807, 2.05) is 0 Å². The Hall–Kier alpha value is -6.18. The number of benzene rings is 9. The van der Waals surface area contributed by atoms with Crippen LogP contribution in [0.3, 0.4) is 0 Å². The zero-order valence-electron chi connectivity index (χ0n) is 30.5. The molecular weight excluding hydrogens is 639 g/mol. The highest BCUT2D eigenvalue weighted by Crippen LogP contribution is 2.59. The Morgan fingerprint density at radius 2 is 0.887 bits per heavy atom. The number of nitrogens with zero attached hydrogens (tertiary/aromatic N) is 1. The third-order valence-corrected chi connectivity index (χ3v) is 12.5. The minimum atomic E-state index is -0.179. The van der Waals surface area contributed by atoms with Crippen LogP contribution in [0.4, 0.5) is 17.1 Å². The molecule has 2 aliphatic carbocycles. The van der Waals surface area contributed by atoms with Crippen molar-refractivity contribution in [2.45, 2.75) is 38.5 Å². The molecule has 0 amide bonds. The number of para-hydroxylation sites is 1. The van der Waals surface area contributed by atoms with Crippen LogP contribution in [0.5, 0.6) is 0 Å². The normalized spacial score (nSPS) is 14.7. The third kappa shape index (κ3) is 4.08. The zero-order valence-corrected chi connectivity index (χ0v) is 30.5. The van der Waals surface area contributed by atoms with Crippen molar-refractivity contribution in [2.24, 2.45) is 0 Å². The van der Waals surface area contributed by atoms with Gasteiger partial charge in [-0.05, 0) is 107 Å². The molecule has 9 aromatic carbocycles. The van der Waals surface area contributed by atoms with E-state index in [1.165, 1.54) is 93.3 Å². The summed E-state index contributed by atoms with van der Waals surface area (Å²) in [6, 6.07) is 61.4. The highest BCUT2D eigenvalue weighted by molar-refractivity contribution is 6.13. The molecule has 0 atom stereocenters. The number of anilines is 3. The Bertz CT molecular complexity index is 3000. The lowest BCUT2D eigenvalue weighted by atomic mass is 9.79. The second-order valence-electron chi connectivity index (χ2n) is 16.1. The molecule has 11 rings (SSSR count). The summed E-state index contributed by atoms with van der Waals surface area (Å²) in [7, 11) is 0. The molecule has 0 saturated carbocycles. The van der Waals surface area contributed by atoms with E-state index in [2.05, 4.69) is 196 Å². The minimum Gasteiger partial charge on any atom is -0.309 e. The van der Waals surface area contributed by atoms with Gasteiger partial charge in [0.2, 0.25) is 0 Å². The molecule has 0 spiro atoms. The SMILES string of the molecule is CC1(C)c2cc3ccccc3c(N(c3ccccc3)c3ccc4c5c(ccc4c3)-c3c(ccc4ccccc34)C5(C)C)c2-c2ccc3ccccc3c21. The van der Waals surface area contributed by atoms with E-state index >= 15 is 0 Å². The monoisotopic (exact) mass is 677 g/mol. The van der Waals surface area contributed by atoms with Crippen LogP contribution in [0.1, 0.15) is 49.9 Å². The van der Waals surface area contributed by atoms with Gasteiger partial charge in [-0.1, -0.05) is 161 Å². The quantitative estimate of drug-likeness (QED) is 0.180. The number of rotatable bonds is 3. The lowest BCUT2D eigenvalue weighted by Gasteiger charge is -2.31. The summed E-state index contributed by atoms with van der Waals surface area (Å²) in [6.07, 6.45) is 0. The maximum absolute atomic E-state index is 2.53. The molecular formula is C52H39N. The van der Waals surface area contributed by atoms with Crippen molar-refractivity contribution >= 4 is 60.2 Å². The van der Waals surface area contributed by atoms with Gasteiger partial charge in [-0.2, -0.15) is 0 Å². The van der Waals surface area contributed by atoms with E-state index < -0.39 is 0 Å². The van der Waals surface area contributed by atoms with Gasteiger partial charge in [0.15, 0.2) is 0 Å². The first-order valence-electron chi connectivity index (χ1n) is 18.9. The van der Waals surface area contributed by atoms with Gasteiger partial charge < -0.3 is 4.90 Å². The maximum Gasteiger partial charge on any atom is 0.0621 e. The van der Waals surface area contributed by atoms with E-state index in [-0.39, 0.29) is 10.8 Å². The van der Waals surface area contributed by atoms with Crippen molar-refractivity contribution in [3.63, 3.8) is 0 Å². The van der Waals surface area contributed by atoms with Gasteiger partial charge in [-0.25, -0.2) is 0 Å². The second-order valence-corrected chi connectivity index (χ2v) is 16.1. The molecule has 0 N–H and O–H groups in total. The molecule has 2 aliphatic rings. The van der Waals surface area contributed by atoms with Crippen LogP contribution in [0.2, 0.25) is 0 Å². The highest BCUT2D eigenvalue weighted by Gasteiger charge is 2.41. The number of hydrogen-bond donors (Lipinski definition) is 0. The maximum atomic E-state index is 2.53. The number of fused-ring (bicyclic) bond motifs is 13. The van der Waals surface area contributed by atoms with Gasteiger partial charge in [0.25, 0.3) is 0 Å². The van der Waals surface area contributed by atoms with Crippen LogP contribution < -0.4 is 4.90 Å². The summed E-state index contributed by atoms with van der Waals surface area (Å²) in [5.41, 5.74) is 14.3. The summed E-state index contributed by atoms with van der Waals surface area (Å²) in [6.45, 7) is 9.63. The molecule has 0 radical (unpaired) electrons. The second kappa shape index (κ2) is 10.7. The van der Waals surface area contributed by atoms with Crippen molar-refractivity contribution in [2.75, 3.05) is 4.90 Å².